The van der Waals surface area contributed by atoms with Crippen LogP contribution in [0.2, 0.25) is 0 Å². The zero-order valence-electron chi connectivity index (χ0n) is 9.41. The molecule has 1 nitrogen and oxygen atoms in total. The molecule has 0 aliphatic carbocycles. The van der Waals surface area contributed by atoms with Crippen molar-refractivity contribution in [2.75, 3.05) is 7.11 Å². The highest BCUT2D eigenvalue weighted by Crippen LogP contribution is 2.30. The lowest BCUT2D eigenvalue weighted by molar-refractivity contribution is 0.413. The average Bonchev–Trinajstić information content (AvgIpc) is 2.39. The molecule has 17 heavy (non-hydrogen) atoms. The predicted octanol–water partition coefficient (Wildman–Crippen LogP) is 4.24. The van der Waals surface area contributed by atoms with E-state index in [1.54, 1.807) is 6.07 Å². The highest BCUT2D eigenvalue weighted by Gasteiger charge is 2.06. The molecule has 0 amide bonds. The van der Waals surface area contributed by atoms with Gasteiger partial charge in [-0.3, -0.25) is 0 Å². The summed E-state index contributed by atoms with van der Waals surface area (Å²) in [5, 5.41) is 0. The molecule has 0 aliphatic rings. The first-order valence-corrected chi connectivity index (χ1v) is 5.77. The van der Waals surface area contributed by atoms with Crippen LogP contribution in [0.3, 0.4) is 0 Å². The molecule has 0 spiro atoms. The monoisotopic (exact) mass is 250 g/mol. The Hall–Kier alpha value is -1.54. The molecule has 0 aromatic heterocycles. The molecule has 0 atom stereocenters. The van der Waals surface area contributed by atoms with Crippen LogP contribution in [0.1, 0.15) is 5.56 Å². The summed E-state index contributed by atoms with van der Waals surface area (Å²) in [5.74, 6) is 0.715. The van der Waals surface area contributed by atoms with Gasteiger partial charge < -0.3 is 4.74 Å². The molecule has 0 radical (unpaired) electrons. The van der Waals surface area contributed by atoms with Crippen molar-refractivity contribution >= 4 is 11.6 Å². The van der Waals surface area contributed by atoms with E-state index in [0.717, 1.165) is 16.7 Å². The Bertz CT molecular complexity index is 508. The molecule has 2 aromatic rings. The van der Waals surface area contributed by atoms with Crippen LogP contribution in [-0.4, -0.2) is 7.11 Å². The second-order valence-corrected chi connectivity index (χ2v) is 3.94. The van der Waals surface area contributed by atoms with Crippen molar-refractivity contribution in [3.63, 3.8) is 0 Å². The summed E-state index contributed by atoms with van der Waals surface area (Å²) in [6.45, 7) is 0. The summed E-state index contributed by atoms with van der Waals surface area (Å²) >= 11 is 5.73. The fourth-order valence-corrected chi connectivity index (χ4v) is 1.86. The molecule has 0 fully saturated rings. The topological polar surface area (TPSA) is 9.23 Å². The molecule has 0 bridgehead atoms. The van der Waals surface area contributed by atoms with Crippen LogP contribution in [0.4, 0.5) is 4.39 Å². The van der Waals surface area contributed by atoms with E-state index in [2.05, 4.69) is 0 Å². The van der Waals surface area contributed by atoms with Gasteiger partial charge in [0.25, 0.3) is 0 Å². The average molecular weight is 251 g/mol. The summed E-state index contributed by atoms with van der Waals surface area (Å²) in [5.41, 5.74) is 2.90. The zero-order valence-corrected chi connectivity index (χ0v) is 10.2. The van der Waals surface area contributed by atoms with Crippen molar-refractivity contribution < 1.29 is 9.13 Å². The van der Waals surface area contributed by atoms with Gasteiger partial charge in [0, 0.05) is 17.5 Å². The lowest BCUT2D eigenvalue weighted by atomic mass is 10.0. The van der Waals surface area contributed by atoms with E-state index in [-0.39, 0.29) is 5.82 Å². The lowest BCUT2D eigenvalue weighted by Gasteiger charge is -2.09. The first-order chi connectivity index (χ1) is 8.24. The van der Waals surface area contributed by atoms with E-state index in [4.69, 9.17) is 16.3 Å². The Kier molecular flexibility index (Phi) is 3.64. The van der Waals surface area contributed by atoms with Crippen molar-refractivity contribution in [2.24, 2.45) is 0 Å². The van der Waals surface area contributed by atoms with Crippen LogP contribution in [0, 0.1) is 5.82 Å². The number of hydrogen-bond acceptors (Lipinski definition) is 1. The fraction of sp³-hybridized carbons (Fsp3) is 0.143. The van der Waals surface area contributed by atoms with Crippen LogP contribution >= 0.6 is 11.6 Å². The first-order valence-electron chi connectivity index (χ1n) is 5.23. The third kappa shape index (κ3) is 2.59. The van der Waals surface area contributed by atoms with E-state index in [1.165, 1.54) is 19.2 Å². The number of hydrogen-bond donors (Lipinski definition) is 0. The number of benzene rings is 2. The van der Waals surface area contributed by atoms with Crippen molar-refractivity contribution in [1.29, 1.82) is 0 Å². The molecule has 0 N–H and O–H groups in total. The summed E-state index contributed by atoms with van der Waals surface area (Å²) in [7, 11) is 1.53. The van der Waals surface area contributed by atoms with Gasteiger partial charge in [0.05, 0.1) is 7.11 Å². The van der Waals surface area contributed by atoms with E-state index >= 15 is 0 Å². The summed E-state index contributed by atoms with van der Waals surface area (Å²) in [6, 6.07) is 12.3. The first kappa shape index (κ1) is 11.9. The largest absolute Gasteiger partial charge is 0.496 e. The van der Waals surface area contributed by atoms with Crippen molar-refractivity contribution in [3.05, 3.63) is 53.8 Å². The molecular weight excluding hydrogens is 239 g/mol. The second kappa shape index (κ2) is 5.19. The van der Waals surface area contributed by atoms with Gasteiger partial charge in [0.1, 0.15) is 11.6 Å². The molecule has 88 valence electrons. The maximum absolute atomic E-state index is 13.1. The number of ether oxygens (including phenoxy) is 1. The summed E-state index contributed by atoms with van der Waals surface area (Å²) in [4.78, 5) is 0. The number of halogens is 2. The maximum Gasteiger partial charge on any atom is 0.129 e. The van der Waals surface area contributed by atoms with E-state index in [1.807, 2.05) is 24.3 Å². The van der Waals surface area contributed by atoms with Gasteiger partial charge in [-0.25, -0.2) is 4.39 Å². The van der Waals surface area contributed by atoms with Gasteiger partial charge in [0.15, 0.2) is 0 Å². The number of methoxy groups -OCH3 is 1. The van der Waals surface area contributed by atoms with Crippen LogP contribution in [-0.2, 0) is 5.88 Å². The highest BCUT2D eigenvalue weighted by molar-refractivity contribution is 6.17. The molecular formula is C14H12ClFO. The van der Waals surface area contributed by atoms with Crippen LogP contribution in [0.25, 0.3) is 11.1 Å². The second-order valence-electron chi connectivity index (χ2n) is 3.68. The summed E-state index contributed by atoms with van der Waals surface area (Å²) < 4.78 is 18.2. The van der Waals surface area contributed by atoms with E-state index in [9.17, 15) is 4.39 Å². The van der Waals surface area contributed by atoms with Crippen LogP contribution < -0.4 is 4.74 Å². The number of alkyl halides is 1. The predicted molar refractivity (Wildman–Crippen MR) is 67.9 cm³/mol. The van der Waals surface area contributed by atoms with Gasteiger partial charge in [-0.2, -0.15) is 0 Å². The van der Waals surface area contributed by atoms with Crippen LogP contribution in [0.15, 0.2) is 42.5 Å². The highest BCUT2D eigenvalue weighted by atomic mass is 35.5. The SMILES string of the molecule is COc1cc(F)ccc1-c1ccc(CCl)cc1. The van der Waals surface area contributed by atoms with E-state index in [0.29, 0.717) is 11.6 Å². The summed E-state index contributed by atoms with van der Waals surface area (Å²) in [6.07, 6.45) is 0. The standard InChI is InChI=1S/C14H12ClFO/c1-17-14-8-12(16)6-7-13(14)11-4-2-10(9-15)3-5-11/h2-8H,9H2,1H3. The van der Waals surface area contributed by atoms with Gasteiger partial charge >= 0.3 is 0 Å². The lowest BCUT2D eigenvalue weighted by Crippen LogP contribution is -1.89. The Balaban J connectivity index is 2.44. The fourth-order valence-electron chi connectivity index (χ4n) is 1.68. The van der Waals surface area contributed by atoms with Crippen molar-refractivity contribution in [2.45, 2.75) is 5.88 Å². The molecule has 0 unspecified atom stereocenters. The molecule has 0 saturated heterocycles. The minimum Gasteiger partial charge on any atom is -0.496 e. The van der Waals surface area contributed by atoms with Crippen molar-refractivity contribution in [3.8, 4) is 16.9 Å². The molecule has 0 saturated carbocycles. The quantitative estimate of drug-likeness (QED) is 0.741. The maximum atomic E-state index is 13.1. The van der Waals surface area contributed by atoms with Gasteiger partial charge in [-0.05, 0) is 23.3 Å². The Labute approximate surface area is 105 Å². The van der Waals surface area contributed by atoms with Gasteiger partial charge in [-0.15, -0.1) is 11.6 Å². The minimum atomic E-state index is -0.303. The Morgan fingerprint density at radius 1 is 1.12 bits per heavy atom. The smallest absolute Gasteiger partial charge is 0.129 e. The molecule has 2 rings (SSSR count). The zero-order chi connectivity index (χ0) is 12.3. The molecule has 0 aliphatic heterocycles. The van der Waals surface area contributed by atoms with Crippen molar-refractivity contribution in [1.82, 2.24) is 0 Å². The number of rotatable bonds is 3. The normalized spacial score (nSPS) is 10.3. The Morgan fingerprint density at radius 2 is 1.82 bits per heavy atom. The van der Waals surface area contributed by atoms with E-state index < -0.39 is 0 Å². The minimum absolute atomic E-state index is 0.303. The molecule has 2 aromatic carbocycles. The van der Waals surface area contributed by atoms with Gasteiger partial charge in [-0.1, -0.05) is 24.3 Å². The third-order valence-electron chi connectivity index (χ3n) is 2.58. The third-order valence-corrected chi connectivity index (χ3v) is 2.89. The Morgan fingerprint density at radius 3 is 2.41 bits per heavy atom. The molecule has 3 heteroatoms. The molecule has 0 heterocycles. The van der Waals surface area contributed by atoms with Crippen LogP contribution in [0.5, 0.6) is 5.75 Å². The van der Waals surface area contributed by atoms with Gasteiger partial charge in [0.2, 0.25) is 0 Å².